The summed E-state index contributed by atoms with van der Waals surface area (Å²) >= 11 is 0. The van der Waals surface area contributed by atoms with Gasteiger partial charge in [-0.15, -0.1) is 0 Å². The van der Waals surface area contributed by atoms with Gasteiger partial charge in [-0.25, -0.2) is 0 Å². The average Bonchev–Trinajstić information content (AvgIpc) is 1.85. The lowest BCUT2D eigenvalue weighted by Crippen LogP contribution is -1.74. The molecule has 1 heteroatoms. The molecule has 10 heavy (non-hydrogen) atoms. The van der Waals surface area contributed by atoms with Gasteiger partial charge in [0.05, 0.1) is 5.76 Å². The highest BCUT2D eigenvalue weighted by Crippen LogP contribution is 2.03. The summed E-state index contributed by atoms with van der Waals surface area (Å²) in [5.41, 5.74) is 1.32. The van der Waals surface area contributed by atoms with Crippen molar-refractivity contribution in [3.63, 3.8) is 0 Å². The van der Waals surface area contributed by atoms with Gasteiger partial charge < -0.3 is 5.11 Å². The lowest BCUT2D eigenvalue weighted by atomic mass is 10.1. The van der Waals surface area contributed by atoms with Crippen LogP contribution < -0.4 is 0 Å². The minimum Gasteiger partial charge on any atom is -0.513 e. The Bertz CT molecular complexity index is 139. The van der Waals surface area contributed by atoms with E-state index in [0.29, 0.717) is 5.76 Å². The van der Waals surface area contributed by atoms with Crippen molar-refractivity contribution in [3.8, 4) is 0 Å². The fourth-order valence-electron chi connectivity index (χ4n) is 0.741. The van der Waals surface area contributed by atoms with Crippen molar-refractivity contribution in [1.29, 1.82) is 0 Å². The molecular formula is C9H16O. The molecule has 0 saturated heterocycles. The van der Waals surface area contributed by atoms with Gasteiger partial charge in [-0.3, -0.25) is 0 Å². The van der Waals surface area contributed by atoms with E-state index >= 15 is 0 Å². The zero-order valence-electron chi connectivity index (χ0n) is 7.02. The molecular weight excluding hydrogens is 124 g/mol. The molecule has 0 aliphatic heterocycles. The Morgan fingerprint density at radius 3 is 2.30 bits per heavy atom. The van der Waals surface area contributed by atoms with Crippen LogP contribution in [0.5, 0.6) is 0 Å². The van der Waals surface area contributed by atoms with Crippen LogP contribution in [0.4, 0.5) is 0 Å². The number of hydrogen-bond donors (Lipinski definition) is 1. The van der Waals surface area contributed by atoms with Crippen molar-refractivity contribution in [2.75, 3.05) is 0 Å². The van der Waals surface area contributed by atoms with Crippen molar-refractivity contribution >= 4 is 0 Å². The molecule has 0 aliphatic carbocycles. The van der Waals surface area contributed by atoms with Gasteiger partial charge in [0, 0.05) is 0 Å². The molecule has 0 aliphatic rings. The summed E-state index contributed by atoms with van der Waals surface area (Å²) in [4.78, 5) is 0. The molecule has 0 saturated carbocycles. The largest absolute Gasteiger partial charge is 0.513 e. The van der Waals surface area contributed by atoms with Gasteiger partial charge in [-0.2, -0.15) is 0 Å². The third kappa shape index (κ3) is 5.42. The molecule has 0 bridgehead atoms. The second kappa shape index (κ2) is 5.10. The van der Waals surface area contributed by atoms with E-state index in [1.165, 1.54) is 12.0 Å². The Hall–Kier alpha value is -0.720. The molecule has 0 spiro atoms. The number of allylic oxidation sites excluding steroid dienone is 4. The van der Waals surface area contributed by atoms with E-state index < -0.39 is 0 Å². The Morgan fingerprint density at radius 1 is 1.30 bits per heavy atom. The molecule has 1 N–H and O–H groups in total. The Balaban J connectivity index is 3.79. The molecule has 0 heterocycles. The second-order valence-electron chi connectivity index (χ2n) is 2.57. The van der Waals surface area contributed by atoms with Crippen molar-refractivity contribution in [2.24, 2.45) is 0 Å². The SMILES string of the molecule is CCC/C(C)=C\C=C(/C)O. The van der Waals surface area contributed by atoms with Gasteiger partial charge in [-0.1, -0.05) is 25.0 Å². The van der Waals surface area contributed by atoms with E-state index in [2.05, 4.69) is 13.8 Å². The Labute approximate surface area is 63.1 Å². The van der Waals surface area contributed by atoms with E-state index in [0.717, 1.165) is 6.42 Å². The number of rotatable bonds is 3. The van der Waals surface area contributed by atoms with Gasteiger partial charge in [0.1, 0.15) is 0 Å². The first-order chi connectivity index (χ1) is 4.66. The molecule has 58 valence electrons. The van der Waals surface area contributed by atoms with Crippen LogP contribution in [0.3, 0.4) is 0 Å². The first kappa shape index (κ1) is 9.28. The van der Waals surface area contributed by atoms with E-state index in [9.17, 15) is 0 Å². The molecule has 0 aromatic rings. The summed E-state index contributed by atoms with van der Waals surface area (Å²) in [6, 6.07) is 0. The van der Waals surface area contributed by atoms with Crippen LogP contribution in [0.15, 0.2) is 23.5 Å². The molecule has 0 atom stereocenters. The predicted molar refractivity (Wildman–Crippen MR) is 45.1 cm³/mol. The van der Waals surface area contributed by atoms with Gasteiger partial charge in [0.25, 0.3) is 0 Å². The maximum Gasteiger partial charge on any atom is 0.0891 e. The highest BCUT2D eigenvalue weighted by atomic mass is 16.3. The summed E-state index contributed by atoms with van der Waals surface area (Å²) in [5.74, 6) is 0.371. The predicted octanol–water partition coefficient (Wildman–Crippen LogP) is 3.19. The van der Waals surface area contributed by atoms with Crippen LogP contribution in [0.2, 0.25) is 0 Å². The van der Waals surface area contributed by atoms with Crippen molar-refractivity contribution < 1.29 is 5.11 Å². The maximum absolute atomic E-state index is 8.79. The molecule has 0 amide bonds. The van der Waals surface area contributed by atoms with Crippen LogP contribution in [-0.4, -0.2) is 5.11 Å². The second-order valence-corrected chi connectivity index (χ2v) is 2.57. The normalized spacial score (nSPS) is 13.9. The zero-order chi connectivity index (χ0) is 7.98. The summed E-state index contributed by atoms with van der Waals surface area (Å²) in [6.45, 7) is 5.89. The highest BCUT2D eigenvalue weighted by Gasteiger charge is 1.83. The molecule has 0 fully saturated rings. The number of hydrogen-bond acceptors (Lipinski definition) is 1. The summed E-state index contributed by atoms with van der Waals surface area (Å²) in [6.07, 6.45) is 5.97. The van der Waals surface area contributed by atoms with Crippen molar-refractivity contribution in [3.05, 3.63) is 23.5 Å². The van der Waals surface area contributed by atoms with Gasteiger partial charge in [0.2, 0.25) is 0 Å². The molecule has 0 aromatic carbocycles. The van der Waals surface area contributed by atoms with Gasteiger partial charge in [0.15, 0.2) is 0 Å². The molecule has 0 radical (unpaired) electrons. The summed E-state index contributed by atoms with van der Waals surface area (Å²) < 4.78 is 0. The van der Waals surface area contributed by atoms with E-state index in [4.69, 9.17) is 5.11 Å². The van der Waals surface area contributed by atoms with E-state index in [1.54, 1.807) is 13.0 Å². The van der Waals surface area contributed by atoms with Crippen molar-refractivity contribution in [2.45, 2.75) is 33.6 Å². The Kier molecular flexibility index (Phi) is 4.73. The van der Waals surface area contributed by atoms with Crippen molar-refractivity contribution in [1.82, 2.24) is 0 Å². The lowest BCUT2D eigenvalue weighted by Gasteiger charge is -1.93. The summed E-state index contributed by atoms with van der Waals surface area (Å²) in [5, 5.41) is 8.79. The minimum atomic E-state index is 0.371. The van der Waals surface area contributed by atoms with Crippen LogP contribution >= 0.6 is 0 Å². The third-order valence-corrected chi connectivity index (χ3v) is 1.25. The first-order valence-corrected chi connectivity index (χ1v) is 3.69. The highest BCUT2D eigenvalue weighted by molar-refractivity contribution is 5.11. The zero-order valence-corrected chi connectivity index (χ0v) is 7.02. The van der Waals surface area contributed by atoms with Gasteiger partial charge in [-0.05, 0) is 26.3 Å². The molecule has 1 nitrogen and oxygen atoms in total. The fraction of sp³-hybridized carbons (Fsp3) is 0.556. The standard InChI is InChI=1S/C9H16O/c1-4-5-8(2)6-7-9(3)10/h6-7,10H,4-5H2,1-3H3/b8-6-,9-7+. The lowest BCUT2D eigenvalue weighted by molar-refractivity contribution is 0.414. The van der Waals surface area contributed by atoms with E-state index in [-0.39, 0.29) is 0 Å². The molecule has 0 aromatic heterocycles. The quantitative estimate of drug-likeness (QED) is 0.471. The van der Waals surface area contributed by atoms with Crippen LogP contribution in [0.1, 0.15) is 33.6 Å². The average molecular weight is 140 g/mol. The monoisotopic (exact) mass is 140 g/mol. The number of aliphatic hydroxyl groups is 1. The molecule has 0 unspecified atom stereocenters. The van der Waals surface area contributed by atoms with Crippen LogP contribution in [0.25, 0.3) is 0 Å². The van der Waals surface area contributed by atoms with Crippen LogP contribution in [-0.2, 0) is 0 Å². The minimum absolute atomic E-state index is 0.371. The fourth-order valence-corrected chi connectivity index (χ4v) is 0.741. The topological polar surface area (TPSA) is 20.2 Å². The first-order valence-electron chi connectivity index (χ1n) is 3.69. The number of aliphatic hydroxyl groups excluding tert-OH is 1. The smallest absolute Gasteiger partial charge is 0.0891 e. The maximum atomic E-state index is 8.79. The third-order valence-electron chi connectivity index (χ3n) is 1.25. The van der Waals surface area contributed by atoms with E-state index in [1.807, 2.05) is 6.08 Å². The molecule has 0 rings (SSSR count). The van der Waals surface area contributed by atoms with Gasteiger partial charge >= 0.3 is 0 Å². The Morgan fingerprint density at radius 2 is 1.90 bits per heavy atom. The van der Waals surface area contributed by atoms with Crippen LogP contribution in [0, 0.1) is 0 Å². The summed E-state index contributed by atoms with van der Waals surface area (Å²) in [7, 11) is 0.